The maximum absolute atomic E-state index is 6.45. The van der Waals surface area contributed by atoms with Gasteiger partial charge in [-0.05, 0) is 67.9 Å². The Morgan fingerprint density at radius 2 is 1.04 bits per heavy atom. The van der Waals surface area contributed by atoms with E-state index < -0.39 is 0 Å². The van der Waals surface area contributed by atoms with E-state index in [2.05, 4.69) is 157 Å². The number of rotatable bonds is 6. The third kappa shape index (κ3) is 5.67. The third-order valence-corrected chi connectivity index (χ3v) is 10.2. The molecule has 0 amide bonds. The molecule has 0 saturated carbocycles. The van der Waals surface area contributed by atoms with Crippen molar-refractivity contribution in [2.75, 3.05) is 0 Å². The Morgan fingerprint density at radius 1 is 0.434 bits per heavy atom. The summed E-state index contributed by atoms with van der Waals surface area (Å²) < 4.78 is 6.45. The van der Waals surface area contributed by atoms with Gasteiger partial charge in [0.25, 0.3) is 0 Å². The number of amidine groups is 2. The van der Waals surface area contributed by atoms with E-state index in [9.17, 15) is 0 Å². The number of benzene rings is 8. The summed E-state index contributed by atoms with van der Waals surface area (Å²) >= 11 is 0. The number of hydrogen-bond donors (Lipinski definition) is 1. The molecule has 9 aromatic rings. The van der Waals surface area contributed by atoms with E-state index in [4.69, 9.17) is 14.4 Å². The van der Waals surface area contributed by atoms with Crippen LogP contribution in [-0.2, 0) is 0 Å². The first kappa shape index (κ1) is 30.8. The van der Waals surface area contributed by atoms with Crippen LogP contribution in [-0.4, -0.2) is 11.7 Å². The van der Waals surface area contributed by atoms with E-state index in [1.165, 1.54) is 33.0 Å². The molecule has 0 spiro atoms. The molecule has 2 heterocycles. The molecule has 53 heavy (non-hydrogen) atoms. The van der Waals surface area contributed by atoms with Crippen molar-refractivity contribution in [2.45, 2.75) is 6.17 Å². The Balaban J connectivity index is 1.06. The van der Waals surface area contributed by atoms with Gasteiger partial charge in [0.05, 0.1) is 0 Å². The molecule has 8 aromatic carbocycles. The largest absolute Gasteiger partial charge is 0.456 e. The average molecular weight is 680 g/mol. The van der Waals surface area contributed by atoms with E-state index in [0.717, 1.165) is 55.6 Å². The highest BCUT2D eigenvalue weighted by molar-refractivity contribution is 6.22. The van der Waals surface area contributed by atoms with Gasteiger partial charge in [-0.3, -0.25) is 0 Å². The fourth-order valence-corrected chi connectivity index (χ4v) is 7.48. The molecule has 4 heteroatoms. The Bertz CT molecular complexity index is 2830. The molecule has 4 nitrogen and oxygen atoms in total. The van der Waals surface area contributed by atoms with Crippen molar-refractivity contribution in [2.24, 2.45) is 9.98 Å². The number of fused-ring (bicyclic) bond motifs is 4. The van der Waals surface area contributed by atoms with Crippen molar-refractivity contribution in [3.63, 3.8) is 0 Å². The molecule has 1 aliphatic heterocycles. The number of nitrogens with one attached hydrogen (secondary N) is 1. The van der Waals surface area contributed by atoms with Gasteiger partial charge in [-0.2, -0.15) is 0 Å². The van der Waals surface area contributed by atoms with E-state index >= 15 is 0 Å². The van der Waals surface area contributed by atoms with Gasteiger partial charge in [0, 0.05) is 21.9 Å². The molecule has 1 unspecified atom stereocenters. The number of nitrogens with zero attached hydrogens (tertiary/aromatic N) is 2. The van der Waals surface area contributed by atoms with Crippen molar-refractivity contribution >= 4 is 44.4 Å². The highest BCUT2D eigenvalue weighted by Gasteiger charge is 2.24. The van der Waals surface area contributed by atoms with Crippen LogP contribution in [0, 0.1) is 0 Å². The van der Waals surface area contributed by atoms with Crippen LogP contribution in [0.25, 0.3) is 66.1 Å². The lowest BCUT2D eigenvalue weighted by Crippen LogP contribution is -2.33. The van der Waals surface area contributed by atoms with E-state index in [-0.39, 0.29) is 6.17 Å². The fourth-order valence-electron chi connectivity index (χ4n) is 7.48. The molecule has 0 fully saturated rings. The summed E-state index contributed by atoms with van der Waals surface area (Å²) in [7, 11) is 0. The van der Waals surface area contributed by atoms with Crippen LogP contribution in [0.3, 0.4) is 0 Å². The van der Waals surface area contributed by atoms with Crippen LogP contribution in [0.1, 0.15) is 22.9 Å². The Labute approximate surface area is 307 Å². The molecule has 0 saturated heterocycles. The number of aliphatic imine (C=N–C) groups is 2. The Morgan fingerprint density at radius 3 is 1.85 bits per heavy atom. The minimum Gasteiger partial charge on any atom is -0.456 e. The van der Waals surface area contributed by atoms with Crippen LogP contribution < -0.4 is 5.32 Å². The summed E-state index contributed by atoms with van der Waals surface area (Å²) in [5, 5.41) is 8.16. The smallest absolute Gasteiger partial charge is 0.160 e. The Hall–Kier alpha value is -7.04. The zero-order valence-electron chi connectivity index (χ0n) is 28.8. The summed E-state index contributed by atoms with van der Waals surface area (Å²) in [5.74, 6) is 1.45. The van der Waals surface area contributed by atoms with Gasteiger partial charge in [0.15, 0.2) is 5.84 Å². The first-order valence-corrected chi connectivity index (χ1v) is 17.9. The molecule has 0 radical (unpaired) electrons. The summed E-state index contributed by atoms with van der Waals surface area (Å²) in [5.41, 5.74) is 11.7. The van der Waals surface area contributed by atoms with Gasteiger partial charge in [0.2, 0.25) is 0 Å². The zero-order chi connectivity index (χ0) is 35.1. The predicted molar refractivity (Wildman–Crippen MR) is 219 cm³/mol. The third-order valence-electron chi connectivity index (χ3n) is 10.2. The topological polar surface area (TPSA) is 49.9 Å². The van der Waals surface area contributed by atoms with Crippen molar-refractivity contribution in [1.82, 2.24) is 5.32 Å². The lowest BCUT2D eigenvalue weighted by atomic mass is 9.95. The average Bonchev–Trinajstić information content (AvgIpc) is 3.62. The molecule has 0 bridgehead atoms. The van der Waals surface area contributed by atoms with Crippen LogP contribution in [0.4, 0.5) is 0 Å². The predicted octanol–water partition coefficient (Wildman–Crippen LogP) is 12.2. The van der Waals surface area contributed by atoms with Gasteiger partial charge in [-0.15, -0.1) is 0 Å². The molecular formula is C49H33N3O. The van der Waals surface area contributed by atoms with Gasteiger partial charge < -0.3 is 9.73 Å². The van der Waals surface area contributed by atoms with Crippen LogP contribution in [0.5, 0.6) is 0 Å². The molecule has 10 rings (SSSR count). The molecular weight excluding hydrogens is 647 g/mol. The van der Waals surface area contributed by atoms with Crippen LogP contribution in [0.2, 0.25) is 0 Å². The zero-order valence-corrected chi connectivity index (χ0v) is 28.8. The van der Waals surface area contributed by atoms with Gasteiger partial charge >= 0.3 is 0 Å². The second kappa shape index (κ2) is 12.9. The highest BCUT2D eigenvalue weighted by atomic mass is 16.3. The van der Waals surface area contributed by atoms with Crippen molar-refractivity contribution in [1.29, 1.82) is 0 Å². The van der Waals surface area contributed by atoms with Gasteiger partial charge in [-0.25, -0.2) is 9.98 Å². The normalized spacial score (nSPS) is 14.2. The lowest BCUT2D eigenvalue weighted by Gasteiger charge is -2.24. The van der Waals surface area contributed by atoms with E-state index in [1.54, 1.807) is 0 Å². The summed E-state index contributed by atoms with van der Waals surface area (Å²) in [4.78, 5) is 10.4. The summed E-state index contributed by atoms with van der Waals surface area (Å²) in [6.07, 6.45) is -0.327. The van der Waals surface area contributed by atoms with Gasteiger partial charge in [0.1, 0.15) is 23.2 Å². The fraction of sp³-hybridized carbons (Fsp3) is 0.0204. The second-order valence-electron chi connectivity index (χ2n) is 13.4. The molecule has 1 N–H and O–H groups in total. The lowest BCUT2D eigenvalue weighted by molar-refractivity contribution is 0.668. The van der Waals surface area contributed by atoms with Crippen molar-refractivity contribution in [3.05, 3.63) is 205 Å². The van der Waals surface area contributed by atoms with Crippen molar-refractivity contribution < 1.29 is 4.42 Å². The first-order valence-electron chi connectivity index (χ1n) is 17.9. The standard InChI is InChI=1S/C49H33N3O/c1-3-11-32(12-4-1)33-23-27-38(28-24-33)48-50-47(37-14-5-2-6-15-37)51-49(52-48)42-19-10-20-45-46(42)43-31-39(29-30-44(43)53-45)34-21-25-36(26-22-34)41-18-9-16-35-13-7-8-17-40(35)41/h1-31,48H,(H,50,51,52). The van der Waals surface area contributed by atoms with Crippen molar-refractivity contribution in [3.8, 4) is 33.4 Å². The van der Waals surface area contributed by atoms with Gasteiger partial charge in [-0.1, -0.05) is 170 Å². The maximum Gasteiger partial charge on any atom is 0.160 e. The first-order chi connectivity index (χ1) is 26.2. The van der Waals surface area contributed by atoms with E-state index in [0.29, 0.717) is 5.84 Å². The maximum atomic E-state index is 6.45. The van der Waals surface area contributed by atoms with E-state index in [1.807, 2.05) is 36.4 Å². The minimum absolute atomic E-state index is 0.327. The number of hydrogen-bond acceptors (Lipinski definition) is 4. The highest BCUT2D eigenvalue weighted by Crippen LogP contribution is 2.37. The molecule has 0 aliphatic carbocycles. The summed E-state index contributed by atoms with van der Waals surface area (Å²) in [6, 6.07) is 65.8. The Kier molecular flexibility index (Phi) is 7.51. The second-order valence-corrected chi connectivity index (χ2v) is 13.4. The molecule has 1 aromatic heterocycles. The molecule has 250 valence electrons. The molecule has 1 aliphatic rings. The van der Waals surface area contributed by atoms with Crippen LogP contribution >= 0.6 is 0 Å². The quantitative estimate of drug-likeness (QED) is 0.190. The molecule has 1 atom stereocenters. The SMILES string of the molecule is c1ccc(C2=NC(c3cccc4oc5ccc(-c6ccc(-c7cccc8ccccc78)cc6)cc5c34)=NC(c3ccc(-c4ccccc4)cc3)N2)cc1. The minimum atomic E-state index is -0.327. The van der Waals surface area contributed by atoms with Crippen LogP contribution in [0.15, 0.2) is 202 Å². The monoisotopic (exact) mass is 679 g/mol. The summed E-state index contributed by atoms with van der Waals surface area (Å²) in [6.45, 7) is 0. The number of furan rings is 1.